The van der Waals surface area contributed by atoms with Gasteiger partial charge in [-0.05, 0) is 42.8 Å². The Morgan fingerprint density at radius 1 is 1.30 bits per heavy atom. The van der Waals surface area contributed by atoms with Crippen LogP contribution in [0.15, 0.2) is 42.5 Å². The molecule has 4 rings (SSSR count). The van der Waals surface area contributed by atoms with E-state index in [1.807, 2.05) is 54.3 Å². The highest BCUT2D eigenvalue weighted by Crippen LogP contribution is 2.19. The van der Waals surface area contributed by atoms with E-state index >= 15 is 0 Å². The third-order valence-corrected chi connectivity index (χ3v) is 4.90. The molecule has 0 unspecified atom stereocenters. The van der Waals surface area contributed by atoms with E-state index in [-0.39, 0.29) is 12.0 Å². The van der Waals surface area contributed by atoms with Gasteiger partial charge in [0.15, 0.2) is 0 Å². The van der Waals surface area contributed by atoms with Crippen molar-refractivity contribution in [1.29, 1.82) is 0 Å². The summed E-state index contributed by atoms with van der Waals surface area (Å²) in [5.41, 5.74) is 3.62. The van der Waals surface area contributed by atoms with Crippen LogP contribution in [-0.4, -0.2) is 53.7 Å². The fourth-order valence-electron chi connectivity index (χ4n) is 3.50. The summed E-state index contributed by atoms with van der Waals surface area (Å²) < 4.78 is 11.1. The lowest BCUT2D eigenvalue weighted by atomic mass is 10.1. The lowest BCUT2D eigenvalue weighted by Gasteiger charge is -2.33. The maximum Gasteiger partial charge on any atom is 0.254 e. The van der Waals surface area contributed by atoms with Crippen LogP contribution >= 0.6 is 0 Å². The van der Waals surface area contributed by atoms with Crippen LogP contribution in [0.3, 0.4) is 0 Å². The zero-order valence-electron chi connectivity index (χ0n) is 15.6. The molecule has 0 radical (unpaired) electrons. The van der Waals surface area contributed by atoms with Gasteiger partial charge in [-0.2, -0.15) is 0 Å². The number of carbonyl (C=O) groups excluding carboxylic acids is 1. The second-order valence-electron chi connectivity index (χ2n) is 6.85. The van der Waals surface area contributed by atoms with Gasteiger partial charge in [-0.25, -0.2) is 4.98 Å². The van der Waals surface area contributed by atoms with Crippen molar-refractivity contribution in [2.24, 2.45) is 0 Å². The monoisotopic (exact) mass is 365 g/mol. The maximum absolute atomic E-state index is 13.0. The first-order valence-electron chi connectivity index (χ1n) is 9.12. The SMILES string of the molecule is COc1ccc(C[C@H]2CN(C(=O)c3ccc4nc(C)[nH]c4c3)CCO2)cc1. The minimum absolute atomic E-state index is 0.00535. The number of aromatic amines is 1. The molecule has 1 aromatic heterocycles. The van der Waals surface area contributed by atoms with Crippen LogP contribution in [0.25, 0.3) is 11.0 Å². The Labute approximate surface area is 158 Å². The molecule has 27 heavy (non-hydrogen) atoms. The van der Waals surface area contributed by atoms with Crippen LogP contribution in [0.5, 0.6) is 5.75 Å². The Morgan fingerprint density at radius 2 is 2.11 bits per heavy atom. The number of nitrogens with one attached hydrogen (secondary N) is 1. The lowest BCUT2D eigenvalue weighted by Crippen LogP contribution is -2.46. The highest BCUT2D eigenvalue weighted by atomic mass is 16.5. The molecule has 1 N–H and O–H groups in total. The van der Waals surface area contributed by atoms with Gasteiger partial charge in [0.1, 0.15) is 11.6 Å². The van der Waals surface area contributed by atoms with Crippen molar-refractivity contribution in [2.45, 2.75) is 19.4 Å². The van der Waals surface area contributed by atoms with Crippen molar-refractivity contribution in [3.63, 3.8) is 0 Å². The number of amides is 1. The number of methoxy groups -OCH3 is 1. The second-order valence-corrected chi connectivity index (χ2v) is 6.85. The van der Waals surface area contributed by atoms with Gasteiger partial charge in [0, 0.05) is 25.1 Å². The number of hydrogen-bond donors (Lipinski definition) is 1. The van der Waals surface area contributed by atoms with Gasteiger partial charge in [-0.3, -0.25) is 4.79 Å². The number of aryl methyl sites for hydroxylation is 1. The number of imidazole rings is 1. The first-order valence-corrected chi connectivity index (χ1v) is 9.12. The first-order chi connectivity index (χ1) is 13.1. The van der Waals surface area contributed by atoms with Gasteiger partial charge < -0.3 is 19.4 Å². The summed E-state index contributed by atoms with van der Waals surface area (Å²) in [6.07, 6.45) is 0.765. The van der Waals surface area contributed by atoms with Crippen LogP contribution in [0, 0.1) is 6.92 Å². The molecule has 0 bridgehead atoms. The van der Waals surface area contributed by atoms with Crippen LogP contribution < -0.4 is 4.74 Å². The van der Waals surface area contributed by atoms with Gasteiger partial charge >= 0.3 is 0 Å². The van der Waals surface area contributed by atoms with Crippen LogP contribution in [0.1, 0.15) is 21.7 Å². The highest BCUT2D eigenvalue weighted by molar-refractivity contribution is 5.97. The summed E-state index contributed by atoms with van der Waals surface area (Å²) in [5, 5.41) is 0. The minimum atomic E-state index is -0.00535. The summed E-state index contributed by atoms with van der Waals surface area (Å²) in [5.74, 6) is 1.72. The Balaban J connectivity index is 1.45. The lowest BCUT2D eigenvalue weighted by molar-refractivity contribution is -0.0208. The number of nitrogens with zero attached hydrogens (tertiary/aromatic N) is 2. The molecular weight excluding hydrogens is 342 g/mol. The zero-order valence-corrected chi connectivity index (χ0v) is 15.6. The molecule has 6 nitrogen and oxygen atoms in total. The average Bonchev–Trinajstić information content (AvgIpc) is 3.07. The van der Waals surface area contributed by atoms with E-state index in [0.29, 0.717) is 25.3 Å². The van der Waals surface area contributed by atoms with Crippen LogP contribution in [0.4, 0.5) is 0 Å². The third-order valence-electron chi connectivity index (χ3n) is 4.90. The number of rotatable bonds is 4. The van der Waals surface area contributed by atoms with E-state index in [2.05, 4.69) is 9.97 Å². The molecule has 2 aromatic carbocycles. The predicted octanol–water partition coefficient (Wildman–Crippen LogP) is 2.96. The number of hydrogen-bond acceptors (Lipinski definition) is 4. The normalized spacial score (nSPS) is 17.3. The molecule has 1 aliphatic heterocycles. The molecule has 1 fully saturated rings. The molecule has 1 aliphatic rings. The molecule has 0 spiro atoms. The first kappa shape index (κ1) is 17.5. The van der Waals surface area contributed by atoms with Crippen molar-refractivity contribution >= 4 is 16.9 Å². The standard InChI is InChI=1S/C21H23N3O3/c1-14-22-19-8-5-16(12-20(19)23-14)21(25)24-9-10-27-18(13-24)11-15-3-6-17(26-2)7-4-15/h3-8,12,18H,9-11,13H2,1-2H3,(H,22,23)/t18-/m0/s1. The zero-order chi connectivity index (χ0) is 18.8. The van der Waals surface area contributed by atoms with Crippen LogP contribution in [0.2, 0.25) is 0 Å². The fraction of sp³-hybridized carbons (Fsp3) is 0.333. The van der Waals surface area contributed by atoms with Crippen molar-refractivity contribution in [3.8, 4) is 5.75 Å². The fourth-order valence-corrected chi connectivity index (χ4v) is 3.50. The van der Waals surface area contributed by atoms with Gasteiger partial charge in [-0.1, -0.05) is 12.1 Å². The second kappa shape index (κ2) is 7.40. The number of morpholine rings is 1. The number of H-pyrrole nitrogens is 1. The molecule has 140 valence electrons. The summed E-state index contributed by atoms with van der Waals surface area (Å²) in [6.45, 7) is 3.66. The summed E-state index contributed by atoms with van der Waals surface area (Å²) in [6, 6.07) is 13.6. The molecule has 6 heteroatoms. The largest absolute Gasteiger partial charge is 0.497 e. The molecule has 0 saturated carbocycles. The minimum Gasteiger partial charge on any atom is -0.497 e. The van der Waals surface area contributed by atoms with Crippen molar-refractivity contribution in [1.82, 2.24) is 14.9 Å². The quantitative estimate of drug-likeness (QED) is 0.772. The molecule has 0 aliphatic carbocycles. The van der Waals surface area contributed by atoms with E-state index < -0.39 is 0 Å². The van der Waals surface area contributed by atoms with Gasteiger partial charge in [0.25, 0.3) is 5.91 Å². The summed E-state index contributed by atoms with van der Waals surface area (Å²) >= 11 is 0. The smallest absolute Gasteiger partial charge is 0.254 e. The summed E-state index contributed by atoms with van der Waals surface area (Å²) in [7, 11) is 1.66. The Hall–Kier alpha value is -2.86. The highest BCUT2D eigenvalue weighted by Gasteiger charge is 2.25. The van der Waals surface area contributed by atoms with E-state index in [1.54, 1.807) is 7.11 Å². The summed E-state index contributed by atoms with van der Waals surface area (Å²) in [4.78, 5) is 22.4. The average molecular weight is 365 g/mol. The van der Waals surface area contributed by atoms with Gasteiger partial charge in [-0.15, -0.1) is 0 Å². The molecule has 2 heterocycles. The topological polar surface area (TPSA) is 67.5 Å². The Bertz CT molecular complexity index is 949. The van der Waals surface area contributed by atoms with Crippen molar-refractivity contribution in [3.05, 3.63) is 59.4 Å². The molecule has 3 aromatic rings. The number of benzene rings is 2. The number of ether oxygens (including phenoxy) is 2. The maximum atomic E-state index is 13.0. The molecule has 1 saturated heterocycles. The van der Waals surface area contributed by atoms with E-state index in [9.17, 15) is 4.79 Å². The molecule has 1 atom stereocenters. The number of aromatic nitrogens is 2. The predicted molar refractivity (Wildman–Crippen MR) is 103 cm³/mol. The third kappa shape index (κ3) is 3.80. The van der Waals surface area contributed by atoms with E-state index in [1.165, 1.54) is 5.56 Å². The Kier molecular flexibility index (Phi) is 4.81. The van der Waals surface area contributed by atoms with E-state index in [4.69, 9.17) is 9.47 Å². The Morgan fingerprint density at radius 3 is 2.89 bits per heavy atom. The van der Waals surface area contributed by atoms with Crippen LogP contribution in [-0.2, 0) is 11.2 Å². The van der Waals surface area contributed by atoms with Crippen molar-refractivity contribution in [2.75, 3.05) is 26.8 Å². The van der Waals surface area contributed by atoms with Crippen molar-refractivity contribution < 1.29 is 14.3 Å². The van der Waals surface area contributed by atoms with E-state index in [0.717, 1.165) is 29.0 Å². The number of fused-ring (bicyclic) bond motifs is 1. The molecular formula is C21H23N3O3. The van der Waals surface area contributed by atoms with Gasteiger partial charge in [0.05, 0.1) is 30.9 Å². The van der Waals surface area contributed by atoms with Gasteiger partial charge in [0.2, 0.25) is 0 Å². The number of carbonyl (C=O) groups is 1. The molecule has 1 amide bonds.